The molecule has 1 aromatic heterocycles. The molecule has 1 fully saturated rings. The second kappa shape index (κ2) is 10.5. The summed E-state index contributed by atoms with van der Waals surface area (Å²) in [6, 6.07) is 11.3. The van der Waals surface area contributed by atoms with Gasteiger partial charge in [-0.25, -0.2) is 13.8 Å². The number of carbonyl (C=O) groups is 1. The van der Waals surface area contributed by atoms with Gasteiger partial charge in [0.2, 0.25) is 5.91 Å². The van der Waals surface area contributed by atoms with Crippen molar-refractivity contribution in [3.63, 3.8) is 0 Å². The molecule has 1 aliphatic rings. The Hall–Kier alpha value is -3.62. The minimum Gasteiger partial charge on any atom is -0.493 e. The molecule has 4 rings (SSSR count). The third-order valence-electron chi connectivity index (χ3n) is 6.22. The maximum Gasteiger partial charge on any atom is 0.442 e. The summed E-state index contributed by atoms with van der Waals surface area (Å²) in [6.07, 6.45) is 5.02. The van der Waals surface area contributed by atoms with Crippen LogP contribution in [0.15, 0.2) is 51.8 Å². The third kappa shape index (κ3) is 5.13. The van der Waals surface area contributed by atoms with E-state index in [4.69, 9.17) is 14.0 Å². The highest BCUT2D eigenvalue weighted by Gasteiger charge is 2.27. The highest BCUT2D eigenvalue weighted by atomic mass is 19.1. The van der Waals surface area contributed by atoms with Crippen molar-refractivity contribution in [3.05, 3.63) is 64.4 Å². The Morgan fingerprint density at radius 1 is 1.09 bits per heavy atom. The summed E-state index contributed by atoms with van der Waals surface area (Å²) in [5.74, 6) is -0.0396. The van der Waals surface area contributed by atoms with Gasteiger partial charge in [-0.15, -0.1) is 0 Å². The smallest absolute Gasteiger partial charge is 0.442 e. The number of methoxy groups -OCH3 is 2. The van der Waals surface area contributed by atoms with Gasteiger partial charge >= 0.3 is 5.76 Å². The van der Waals surface area contributed by atoms with Gasteiger partial charge < -0.3 is 14.4 Å². The van der Waals surface area contributed by atoms with Gasteiger partial charge in [0.25, 0.3) is 0 Å². The lowest BCUT2D eigenvalue weighted by atomic mass is 9.93. The van der Waals surface area contributed by atoms with Gasteiger partial charge in [0.15, 0.2) is 17.3 Å². The minimum absolute atomic E-state index is 0.0615. The van der Waals surface area contributed by atoms with E-state index in [1.807, 2.05) is 0 Å². The molecule has 9 heteroatoms. The maximum atomic E-state index is 13.5. The van der Waals surface area contributed by atoms with Gasteiger partial charge in [-0.3, -0.25) is 9.32 Å². The predicted molar refractivity (Wildman–Crippen MR) is 123 cm³/mol. The second-order valence-electron chi connectivity index (χ2n) is 8.37. The second-order valence-corrected chi connectivity index (χ2v) is 8.37. The first-order chi connectivity index (χ1) is 16.5. The van der Waals surface area contributed by atoms with Gasteiger partial charge in [-0.2, -0.15) is 0 Å². The van der Waals surface area contributed by atoms with E-state index >= 15 is 0 Å². The van der Waals surface area contributed by atoms with E-state index in [2.05, 4.69) is 5.16 Å². The Balaban J connectivity index is 1.62. The molecule has 1 aliphatic carbocycles. The summed E-state index contributed by atoms with van der Waals surface area (Å²) in [4.78, 5) is 27.8. The van der Waals surface area contributed by atoms with Crippen LogP contribution >= 0.6 is 0 Å². The zero-order valence-electron chi connectivity index (χ0n) is 19.3. The predicted octanol–water partition coefficient (Wildman–Crippen LogP) is 4.02. The van der Waals surface area contributed by atoms with Crippen LogP contribution in [0.1, 0.15) is 37.7 Å². The van der Waals surface area contributed by atoms with Crippen LogP contribution in [0, 0.1) is 5.82 Å². The summed E-state index contributed by atoms with van der Waals surface area (Å²) in [6.45, 7) is 0.124. The lowest BCUT2D eigenvalue weighted by Gasteiger charge is -2.34. The van der Waals surface area contributed by atoms with Crippen LogP contribution in [0.5, 0.6) is 11.5 Å². The van der Waals surface area contributed by atoms with E-state index in [9.17, 15) is 14.0 Å². The fourth-order valence-electron chi connectivity index (χ4n) is 4.42. The van der Waals surface area contributed by atoms with E-state index in [1.165, 1.54) is 30.9 Å². The van der Waals surface area contributed by atoms with Crippen LogP contribution in [0.2, 0.25) is 0 Å². The Bertz CT molecular complexity index is 1180. The third-order valence-corrected chi connectivity index (χ3v) is 6.22. The summed E-state index contributed by atoms with van der Waals surface area (Å²) in [7, 11) is 3.04. The maximum absolute atomic E-state index is 13.5. The molecule has 0 aliphatic heterocycles. The van der Waals surface area contributed by atoms with E-state index < -0.39 is 5.76 Å². The topological polar surface area (TPSA) is 86.8 Å². The first-order valence-corrected chi connectivity index (χ1v) is 11.3. The molecule has 1 heterocycles. The molecular formula is C25H28FN3O5. The Kier molecular flexibility index (Phi) is 7.30. The molecular weight excluding hydrogens is 441 g/mol. The van der Waals surface area contributed by atoms with Gasteiger partial charge in [0.1, 0.15) is 12.4 Å². The molecule has 0 radical (unpaired) electrons. The van der Waals surface area contributed by atoms with Crippen molar-refractivity contribution in [2.45, 2.75) is 51.2 Å². The SMILES string of the molecule is COc1ccc(-c2noc(=O)n2CC(=O)N(Cc2ccc(F)cc2)C2CCCCC2)cc1OC. The van der Waals surface area contributed by atoms with Crippen molar-refractivity contribution in [1.82, 2.24) is 14.6 Å². The molecule has 34 heavy (non-hydrogen) atoms. The van der Waals surface area contributed by atoms with Crippen molar-refractivity contribution < 1.29 is 23.2 Å². The highest BCUT2D eigenvalue weighted by molar-refractivity contribution is 5.77. The normalized spacial score (nSPS) is 14.1. The van der Waals surface area contributed by atoms with Crippen molar-refractivity contribution >= 4 is 5.91 Å². The molecule has 1 saturated carbocycles. The number of ether oxygens (including phenoxy) is 2. The van der Waals surface area contributed by atoms with Gasteiger partial charge in [-0.05, 0) is 48.7 Å². The van der Waals surface area contributed by atoms with Gasteiger partial charge in [-0.1, -0.05) is 36.6 Å². The number of halogens is 1. The number of hydrogen-bond donors (Lipinski definition) is 0. The average molecular weight is 470 g/mol. The van der Waals surface area contributed by atoms with E-state index in [-0.39, 0.29) is 30.1 Å². The summed E-state index contributed by atoms with van der Waals surface area (Å²) < 4.78 is 30.1. The van der Waals surface area contributed by atoms with Crippen molar-refractivity contribution in [3.8, 4) is 22.9 Å². The largest absolute Gasteiger partial charge is 0.493 e. The number of nitrogens with zero attached hydrogens (tertiary/aromatic N) is 3. The average Bonchev–Trinajstić information content (AvgIpc) is 3.23. The quantitative estimate of drug-likeness (QED) is 0.495. The zero-order valence-corrected chi connectivity index (χ0v) is 19.3. The van der Waals surface area contributed by atoms with E-state index in [1.54, 1.807) is 35.2 Å². The number of benzene rings is 2. The van der Waals surface area contributed by atoms with Crippen LogP contribution in [0.3, 0.4) is 0 Å². The van der Waals surface area contributed by atoms with Crippen LogP contribution < -0.4 is 15.2 Å². The molecule has 1 amide bonds. The van der Waals surface area contributed by atoms with E-state index in [0.29, 0.717) is 23.6 Å². The van der Waals surface area contributed by atoms with E-state index in [0.717, 1.165) is 37.7 Å². The fourth-order valence-corrected chi connectivity index (χ4v) is 4.42. The number of rotatable bonds is 8. The number of carbonyl (C=O) groups excluding carboxylic acids is 1. The summed E-state index contributed by atoms with van der Waals surface area (Å²) in [5, 5.41) is 3.90. The molecule has 0 atom stereocenters. The van der Waals surface area contributed by atoms with Gasteiger partial charge in [0.05, 0.1) is 14.2 Å². The van der Waals surface area contributed by atoms with Crippen molar-refractivity contribution in [1.29, 1.82) is 0 Å². The first kappa shape index (κ1) is 23.5. The molecule has 0 N–H and O–H groups in total. The molecule has 0 spiro atoms. The summed E-state index contributed by atoms with van der Waals surface area (Å²) >= 11 is 0. The molecule has 3 aromatic rings. The lowest BCUT2D eigenvalue weighted by Crippen LogP contribution is -2.43. The number of hydrogen-bond acceptors (Lipinski definition) is 6. The molecule has 0 unspecified atom stereocenters. The molecule has 0 bridgehead atoms. The monoisotopic (exact) mass is 469 g/mol. The Morgan fingerprint density at radius 2 is 1.79 bits per heavy atom. The van der Waals surface area contributed by atoms with Crippen LogP contribution in [0.4, 0.5) is 4.39 Å². The Labute approximate surface area is 196 Å². The van der Waals surface area contributed by atoms with Crippen LogP contribution in [-0.4, -0.2) is 40.8 Å². The molecule has 0 saturated heterocycles. The standard InChI is InChI=1S/C25H28FN3O5/c1-32-21-13-10-18(14-22(21)33-2)24-27-34-25(31)29(24)16-23(30)28(20-6-4-3-5-7-20)15-17-8-11-19(26)12-9-17/h8-14,20H,3-7,15-16H2,1-2H3. The first-order valence-electron chi connectivity index (χ1n) is 11.3. The number of amides is 1. The van der Waals surface area contributed by atoms with Crippen molar-refractivity contribution in [2.75, 3.05) is 14.2 Å². The van der Waals surface area contributed by atoms with Crippen LogP contribution in [0.25, 0.3) is 11.4 Å². The highest BCUT2D eigenvalue weighted by Crippen LogP contribution is 2.31. The molecule has 180 valence electrons. The van der Waals surface area contributed by atoms with Gasteiger partial charge in [0, 0.05) is 18.2 Å². The summed E-state index contributed by atoms with van der Waals surface area (Å²) in [5.41, 5.74) is 1.39. The fraction of sp³-hybridized carbons (Fsp3) is 0.400. The van der Waals surface area contributed by atoms with Crippen molar-refractivity contribution in [2.24, 2.45) is 0 Å². The lowest BCUT2D eigenvalue weighted by molar-refractivity contribution is -0.135. The Morgan fingerprint density at radius 3 is 2.47 bits per heavy atom. The minimum atomic E-state index is -0.719. The molecule has 2 aromatic carbocycles. The van der Waals surface area contributed by atoms with Crippen LogP contribution in [-0.2, 0) is 17.9 Å². The number of aromatic nitrogens is 2. The zero-order chi connectivity index (χ0) is 24.1. The molecule has 8 nitrogen and oxygen atoms in total.